The number of sulfone groups is 1. The summed E-state index contributed by atoms with van der Waals surface area (Å²) in [6, 6.07) is 8.12. The lowest BCUT2D eigenvalue weighted by Crippen LogP contribution is -2.38. The molecule has 1 fully saturated rings. The second-order valence-corrected chi connectivity index (χ2v) is 10.9. The van der Waals surface area contributed by atoms with Gasteiger partial charge in [0.05, 0.1) is 29.6 Å². The number of halogens is 2. The largest absolute Gasteiger partial charge is 0.493 e. The van der Waals surface area contributed by atoms with Crippen LogP contribution in [-0.4, -0.2) is 49.8 Å². The van der Waals surface area contributed by atoms with Gasteiger partial charge in [-0.3, -0.25) is 0 Å². The maximum Gasteiger partial charge on any atom is 0.162 e. The zero-order valence-electron chi connectivity index (χ0n) is 18.8. The van der Waals surface area contributed by atoms with Gasteiger partial charge in [0.15, 0.2) is 21.3 Å². The Labute approximate surface area is 202 Å². The molecule has 1 aliphatic rings. The van der Waals surface area contributed by atoms with E-state index < -0.39 is 15.7 Å². The highest BCUT2D eigenvalue weighted by molar-refractivity contribution is 7.90. The van der Waals surface area contributed by atoms with Gasteiger partial charge in [0.2, 0.25) is 0 Å². The van der Waals surface area contributed by atoms with Crippen molar-refractivity contribution < 1.29 is 22.3 Å². The van der Waals surface area contributed by atoms with Crippen molar-refractivity contribution in [3.63, 3.8) is 0 Å². The van der Waals surface area contributed by atoms with Crippen molar-refractivity contribution in [1.82, 2.24) is 15.3 Å². The van der Waals surface area contributed by atoms with Crippen LogP contribution in [0.25, 0.3) is 10.9 Å². The van der Waals surface area contributed by atoms with Crippen LogP contribution in [0.1, 0.15) is 25.7 Å². The third kappa shape index (κ3) is 6.05. The summed E-state index contributed by atoms with van der Waals surface area (Å²) in [4.78, 5) is 8.67. The molecule has 11 heteroatoms. The first kappa shape index (κ1) is 24.4. The van der Waals surface area contributed by atoms with E-state index in [0.717, 1.165) is 25.7 Å². The Morgan fingerprint density at radius 2 is 1.88 bits per heavy atom. The first-order chi connectivity index (χ1) is 16.2. The molecule has 0 aliphatic heterocycles. The molecule has 2 N–H and O–H groups in total. The van der Waals surface area contributed by atoms with E-state index in [2.05, 4.69) is 20.6 Å². The lowest BCUT2D eigenvalue weighted by atomic mass is 9.93. The van der Waals surface area contributed by atoms with Crippen molar-refractivity contribution in [1.29, 1.82) is 0 Å². The molecule has 0 bridgehead atoms. The number of aromatic nitrogens is 2. The van der Waals surface area contributed by atoms with E-state index in [9.17, 15) is 12.8 Å². The summed E-state index contributed by atoms with van der Waals surface area (Å²) in [7, 11) is -1.48. The summed E-state index contributed by atoms with van der Waals surface area (Å²) in [5.74, 6) is 1.13. The number of fused-ring (bicyclic) bond motifs is 1. The summed E-state index contributed by atoms with van der Waals surface area (Å²) in [5.41, 5.74) is 1.24. The fourth-order valence-corrected chi connectivity index (χ4v) is 4.68. The van der Waals surface area contributed by atoms with E-state index in [1.807, 2.05) is 6.07 Å². The third-order valence-corrected chi connectivity index (χ3v) is 6.69. The summed E-state index contributed by atoms with van der Waals surface area (Å²) in [6.07, 6.45) is 5.83. The fourth-order valence-electron chi connectivity index (χ4n) is 3.96. The molecular weight excluding hydrogens is 483 g/mol. The molecule has 0 unspecified atom stereocenters. The summed E-state index contributed by atoms with van der Waals surface area (Å²) in [5, 5.41) is 6.98. The van der Waals surface area contributed by atoms with Crippen LogP contribution in [-0.2, 0) is 9.84 Å². The van der Waals surface area contributed by atoms with E-state index in [-0.39, 0.29) is 23.0 Å². The average Bonchev–Trinajstić information content (AvgIpc) is 2.80. The van der Waals surface area contributed by atoms with Crippen LogP contribution in [0.5, 0.6) is 11.5 Å². The standard InChI is InChI=1S/C23H26ClFN4O4S/c1-32-21-11-20-17(23(27-12-26-20)29-15-5-8-19(25)18(24)9-15)10-22(21)33-16-6-3-14(4-7-16)28-13-34(2,30)31/h5,8-12,14,16,28H,3-4,6-7,13H2,1-2H3,(H,26,27,29). The number of nitrogens with one attached hydrogen (secondary N) is 2. The first-order valence-electron chi connectivity index (χ1n) is 10.8. The third-order valence-electron chi connectivity index (χ3n) is 5.71. The van der Waals surface area contributed by atoms with Gasteiger partial charge in [-0.25, -0.2) is 22.8 Å². The Morgan fingerprint density at radius 3 is 2.56 bits per heavy atom. The van der Waals surface area contributed by atoms with Gasteiger partial charge in [-0.05, 0) is 49.9 Å². The van der Waals surface area contributed by atoms with Gasteiger partial charge in [-0.1, -0.05) is 11.6 Å². The van der Waals surface area contributed by atoms with Gasteiger partial charge < -0.3 is 20.1 Å². The minimum Gasteiger partial charge on any atom is -0.493 e. The quantitative estimate of drug-likeness (QED) is 0.460. The van der Waals surface area contributed by atoms with E-state index in [0.29, 0.717) is 33.9 Å². The van der Waals surface area contributed by atoms with Crippen LogP contribution in [0.15, 0.2) is 36.7 Å². The molecule has 182 valence electrons. The topological polar surface area (TPSA) is 102 Å². The van der Waals surface area contributed by atoms with Crippen molar-refractivity contribution in [2.24, 2.45) is 0 Å². The minimum atomic E-state index is -3.05. The highest BCUT2D eigenvalue weighted by atomic mass is 35.5. The number of rotatable bonds is 8. The molecular formula is C23H26ClFN4O4S. The van der Waals surface area contributed by atoms with Crippen molar-refractivity contribution in [2.75, 3.05) is 24.6 Å². The SMILES string of the molecule is COc1cc2ncnc(Nc3ccc(F)c(Cl)c3)c2cc1OC1CCC(NCS(C)(=O)=O)CC1. The molecule has 3 aromatic rings. The second kappa shape index (κ2) is 10.3. The van der Waals surface area contributed by atoms with Crippen LogP contribution in [0.2, 0.25) is 5.02 Å². The van der Waals surface area contributed by atoms with Crippen molar-refractivity contribution >= 4 is 43.8 Å². The Hall–Kier alpha value is -2.69. The van der Waals surface area contributed by atoms with Crippen LogP contribution in [0, 0.1) is 5.82 Å². The van der Waals surface area contributed by atoms with Gasteiger partial charge in [0.1, 0.15) is 18.0 Å². The van der Waals surface area contributed by atoms with Crippen molar-refractivity contribution in [3.8, 4) is 11.5 Å². The Bertz CT molecular complexity index is 1280. The molecule has 0 amide bonds. The summed E-state index contributed by atoms with van der Waals surface area (Å²) < 4.78 is 48.1. The fraction of sp³-hybridized carbons (Fsp3) is 0.391. The van der Waals surface area contributed by atoms with E-state index >= 15 is 0 Å². The maximum atomic E-state index is 13.5. The molecule has 1 saturated carbocycles. The summed E-state index contributed by atoms with van der Waals surface area (Å²) in [6.45, 7) is 0. The lowest BCUT2D eigenvalue weighted by Gasteiger charge is -2.30. The normalized spacial score (nSPS) is 18.6. The molecule has 34 heavy (non-hydrogen) atoms. The number of hydrogen-bond acceptors (Lipinski definition) is 8. The molecule has 2 aromatic carbocycles. The second-order valence-electron chi connectivity index (χ2n) is 8.36. The van der Waals surface area contributed by atoms with Crippen LogP contribution in [0.4, 0.5) is 15.9 Å². The van der Waals surface area contributed by atoms with Crippen LogP contribution >= 0.6 is 11.6 Å². The van der Waals surface area contributed by atoms with Gasteiger partial charge in [-0.2, -0.15) is 0 Å². The summed E-state index contributed by atoms with van der Waals surface area (Å²) >= 11 is 5.91. The van der Waals surface area contributed by atoms with Crippen molar-refractivity contribution in [2.45, 2.75) is 37.8 Å². The number of anilines is 2. The Balaban J connectivity index is 1.52. The zero-order valence-corrected chi connectivity index (χ0v) is 20.4. The molecule has 1 heterocycles. The number of methoxy groups -OCH3 is 1. The number of ether oxygens (including phenoxy) is 2. The molecule has 0 saturated heterocycles. The number of nitrogens with zero attached hydrogens (tertiary/aromatic N) is 2. The van der Waals surface area contributed by atoms with Crippen LogP contribution in [0.3, 0.4) is 0 Å². The highest BCUT2D eigenvalue weighted by Gasteiger charge is 2.24. The number of hydrogen-bond donors (Lipinski definition) is 2. The van der Waals surface area contributed by atoms with E-state index in [4.69, 9.17) is 21.1 Å². The van der Waals surface area contributed by atoms with Crippen LogP contribution < -0.4 is 20.1 Å². The number of benzene rings is 2. The van der Waals surface area contributed by atoms with Gasteiger partial charge in [0.25, 0.3) is 0 Å². The average molecular weight is 509 g/mol. The minimum absolute atomic E-state index is 0.00989. The molecule has 0 radical (unpaired) electrons. The lowest BCUT2D eigenvalue weighted by molar-refractivity contribution is 0.136. The van der Waals surface area contributed by atoms with E-state index in [1.54, 1.807) is 19.2 Å². The first-order valence-corrected chi connectivity index (χ1v) is 13.3. The highest BCUT2D eigenvalue weighted by Crippen LogP contribution is 2.37. The Kier molecular flexibility index (Phi) is 7.39. The maximum absolute atomic E-state index is 13.5. The molecule has 1 aliphatic carbocycles. The predicted octanol–water partition coefficient (Wildman–Crippen LogP) is 4.46. The molecule has 1 aromatic heterocycles. The predicted molar refractivity (Wildman–Crippen MR) is 130 cm³/mol. The molecule has 4 rings (SSSR count). The molecule has 8 nitrogen and oxygen atoms in total. The molecule has 0 atom stereocenters. The smallest absolute Gasteiger partial charge is 0.162 e. The van der Waals surface area contributed by atoms with Gasteiger partial charge in [0, 0.05) is 29.4 Å². The zero-order chi connectivity index (χ0) is 24.3. The monoisotopic (exact) mass is 508 g/mol. The van der Waals surface area contributed by atoms with Crippen molar-refractivity contribution in [3.05, 3.63) is 47.5 Å². The van der Waals surface area contributed by atoms with Gasteiger partial charge >= 0.3 is 0 Å². The Morgan fingerprint density at radius 1 is 1.12 bits per heavy atom. The van der Waals surface area contributed by atoms with Gasteiger partial charge in [-0.15, -0.1) is 0 Å². The van der Waals surface area contributed by atoms with E-state index in [1.165, 1.54) is 24.7 Å². The molecule has 0 spiro atoms.